The number of unbranched alkanes of at least 4 members (excludes halogenated alkanes) is 3. The van der Waals surface area contributed by atoms with Crippen LogP contribution in [0.3, 0.4) is 0 Å². The summed E-state index contributed by atoms with van der Waals surface area (Å²) in [6.45, 7) is 23.3. The lowest BCUT2D eigenvalue weighted by Crippen LogP contribution is -2.56. The third kappa shape index (κ3) is 19.7. The van der Waals surface area contributed by atoms with Crippen molar-refractivity contribution in [2.24, 2.45) is 34.8 Å². The van der Waals surface area contributed by atoms with Crippen LogP contribution < -0.4 is 46.9 Å². The highest BCUT2D eigenvalue weighted by molar-refractivity contribution is 5.95. The maximum Gasteiger partial charge on any atom is 0.251 e. The number of aryl methyl sites for hydroxylation is 1. The van der Waals surface area contributed by atoms with Gasteiger partial charge in [0.15, 0.2) is 5.82 Å². The molecule has 1 amide bonds. The van der Waals surface area contributed by atoms with Gasteiger partial charge in [-0.15, -0.1) is 0 Å². The van der Waals surface area contributed by atoms with Crippen molar-refractivity contribution in [3.63, 3.8) is 0 Å². The van der Waals surface area contributed by atoms with Crippen LogP contribution in [0.5, 0.6) is 5.75 Å². The Balaban J connectivity index is 0.000000321. The number of aliphatic imine (C=N–C) groups is 1. The summed E-state index contributed by atoms with van der Waals surface area (Å²) in [6, 6.07) is 10.4. The van der Waals surface area contributed by atoms with Gasteiger partial charge in [0.05, 0.1) is 30.6 Å². The first-order valence-corrected chi connectivity index (χ1v) is 27.5. The summed E-state index contributed by atoms with van der Waals surface area (Å²) in [6.07, 6.45) is 13.9. The van der Waals surface area contributed by atoms with E-state index in [0.717, 1.165) is 145 Å². The minimum Gasteiger partial charge on any atom is -0.495 e. The molecular formula is C57H93F2N13O4. The minimum absolute atomic E-state index is 0.0157. The van der Waals surface area contributed by atoms with Crippen LogP contribution in [0.25, 0.3) is 0 Å². The van der Waals surface area contributed by atoms with Crippen molar-refractivity contribution in [1.29, 1.82) is 0 Å². The van der Waals surface area contributed by atoms with Crippen LogP contribution >= 0.6 is 0 Å². The number of likely N-dealkylation sites (tertiary alicyclic amines) is 2. The van der Waals surface area contributed by atoms with Crippen LogP contribution in [0.4, 0.5) is 31.8 Å². The molecule has 0 radical (unpaired) electrons. The molecule has 3 saturated heterocycles. The molecule has 17 nitrogen and oxygen atoms in total. The number of carbonyl (C=O) groups is 3. The minimum atomic E-state index is -0.449. The zero-order chi connectivity index (χ0) is 55.7. The molecule has 0 aliphatic carbocycles. The van der Waals surface area contributed by atoms with Gasteiger partial charge in [-0.25, -0.2) is 8.78 Å². The van der Waals surface area contributed by atoms with Crippen molar-refractivity contribution in [1.82, 2.24) is 30.2 Å². The van der Waals surface area contributed by atoms with Gasteiger partial charge in [-0.1, -0.05) is 27.4 Å². The van der Waals surface area contributed by atoms with Gasteiger partial charge in [0, 0.05) is 89.6 Å². The first-order chi connectivity index (χ1) is 36.5. The Hall–Kier alpha value is -5.79. The number of piperidine rings is 3. The van der Waals surface area contributed by atoms with Gasteiger partial charge in [0.1, 0.15) is 42.1 Å². The molecule has 0 bridgehead atoms. The van der Waals surface area contributed by atoms with Crippen LogP contribution in [0, 0.1) is 23.0 Å². The van der Waals surface area contributed by atoms with Crippen molar-refractivity contribution in [3.05, 3.63) is 71.9 Å². The largest absolute Gasteiger partial charge is 0.495 e. The Morgan fingerprint density at radius 3 is 2.25 bits per heavy atom. The smallest absolute Gasteiger partial charge is 0.251 e. The van der Waals surface area contributed by atoms with Crippen molar-refractivity contribution >= 4 is 47.8 Å². The first kappa shape index (κ1) is 62.7. The molecule has 19 heteroatoms. The molecule has 3 aromatic rings. The number of nitrogens with one attached hydrogen (secondary N) is 3. The average Bonchev–Trinajstić information content (AvgIpc) is 3.78. The third-order valence-electron chi connectivity index (χ3n) is 15.0. The molecule has 1 aromatic heterocycles. The van der Waals surface area contributed by atoms with Gasteiger partial charge in [-0.3, -0.25) is 19.4 Å². The van der Waals surface area contributed by atoms with E-state index in [-0.39, 0.29) is 24.0 Å². The second kappa shape index (κ2) is 32.1. The van der Waals surface area contributed by atoms with Crippen LogP contribution in [0.15, 0.2) is 54.2 Å². The van der Waals surface area contributed by atoms with E-state index >= 15 is 8.78 Å². The van der Waals surface area contributed by atoms with Gasteiger partial charge in [0.2, 0.25) is 0 Å². The van der Waals surface area contributed by atoms with Crippen molar-refractivity contribution in [2.45, 2.75) is 110 Å². The number of carbonyl (C=O) groups excluding carboxylic acids is 3. The van der Waals surface area contributed by atoms with Gasteiger partial charge in [0.25, 0.3) is 5.91 Å². The molecule has 0 unspecified atom stereocenters. The molecule has 4 aliphatic heterocycles. The molecule has 5 heterocycles. The molecule has 0 saturated carbocycles. The number of aromatic nitrogens is 2. The third-order valence-corrected chi connectivity index (χ3v) is 15.0. The van der Waals surface area contributed by atoms with Gasteiger partial charge < -0.3 is 61.3 Å². The summed E-state index contributed by atoms with van der Waals surface area (Å²) in [5.74, 6) is 3.11. The average molecular weight is 1060 g/mol. The number of rotatable bonds is 22. The number of benzene rings is 2. The summed E-state index contributed by atoms with van der Waals surface area (Å²) in [4.78, 5) is 46.7. The van der Waals surface area contributed by atoms with Crippen molar-refractivity contribution in [2.75, 3.05) is 126 Å². The normalized spacial score (nSPS) is 17.4. The highest BCUT2D eigenvalue weighted by Gasteiger charge is 2.40. The number of halogens is 2. The number of amidine groups is 1. The van der Waals surface area contributed by atoms with Crippen LogP contribution in [-0.2, 0) is 23.2 Å². The number of hydrogen-bond acceptors (Lipinski definition) is 15. The monoisotopic (exact) mass is 1060 g/mol. The van der Waals surface area contributed by atoms with Gasteiger partial charge in [-0.05, 0) is 159 Å². The Labute approximate surface area is 453 Å². The van der Waals surface area contributed by atoms with Crippen molar-refractivity contribution < 1.29 is 27.9 Å². The Morgan fingerprint density at radius 1 is 0.921 bits per heavy atom. The second-order valence-corrected chi connectivity index (χ2v) is 21.6. The number of aldehydes is 1. The maximum absolute atomic E-state index is 15.5. The van der Waals surface area contributed by atoms with E-state index in [0.29, 0.717) is 48.4 Å². The lowest BCUT2D eigenvalue weighted by Gasteiger charge is -2.45. The standard InChI is InChI=1S/C31H46F2N8O.C23H40N4O2.C2H5N.CH2O/c1-30(2)7-12-39(13-8-30)20-23-17-25(33)26(18-24(23)32)41-21-27(34)36-31(22-41)9-14-40(15-10-31)29-19-28(38(3)37-29)35-11-5-4-6-16-42;1-5-14-27(3)21-17-20(8-9-22(21)29-4)23(28)25-13-7-6-12-24-18-19-10-15-26(2)16-11-19;1-2-3;1-2/h16-19,35H,4-15,20-22H2,1-3H3,(H2,34,36);8-9,17,19,24H,5-7,10-16,18H2,1-4H3,(H,25,28);2H,1,3H2;1H2. The van der Waals surface area contributed by atoms with Crippen LogP contribution in [0.2, 0.25) is 0 Å². The molecule has 2 aromatic carbocycles. The molecule has 424 valence electrons. The van der Waals surface area contributed by atoms with Crippen LogP contribution in [0.1, 0.15) is 114 Å². The second-order valence-electron chi connectivity index (χ2n) is 21.6. The highest BCUT2D eigenvalue weighted by Crippen LogP contribution is 2.36. The maximum atomic E-state index is 15.5. The van der Waals surface area contributed by atoms with E-state index in [1.807, 2.05) is 54.7 Å². The zero-order valence-corrected chi connectivity index (χ0v) is 47.1. The van der Waals surface area contributed by atoms with Crippen molar-refractivity contribution in [3.8, 4) is 5.75 Å². The number of nitrogens with two attached hydrogens (primary N) is 2. The molecule has 7 rings (SSSR count). The van der Waals surface area contributed by atoms with E-state index in [2.05, 4.69) is 75.7 Å². The van der Waals surface area contributed by atoms with Gasteiger partial charge >= 0.3 is 0 Å². The Bertz CT molecular complexity index is 2250. The van der Waals surface area contributed by atoms with E-state index < -0.39 is 11.4 Å². The molecule has 3 fully saturated rings. The molecule has 4 aliphatic rings. The summed E-state index contributed by atoms with van der Waals surface area (Å²) in [5.41, 5.74) is 13.1. The molecule has 0 atom stereocenters. The molecule has 7 N–H and O–H groups in total. The topological polar surface area (TPSA) is 195 Å². The fourth-order valence-corrected chi connectivity index (χ4v) is 10.3. The fraction of sp³-hybridized carbons (Fsp3) is 0.632. The Morgan fingerprint density at radius 2 is 1.59 bits per heavy atom. The highest BCUT2D eigenvalue weighted by atomic mass is 19.1. The summed E-state index contributed by atoms with van der Waals surface area (Å²) in [5, 5.41) is 14.7. The Kier molecular flexibility index (Phi) is 26.5. The van der Waals surface area contributed by atoms with E-state index in [4.69, 9.17) is 25.4 Å². The number of hydrogen-bond donors (Lipinski definition) is 5. The quantitative estimate of drug-likeness (QED) is 0.0501. The molecule has 76 heavy (non-hydrogen) atoms. The number of nitrogens with zero attached hydrogens (tertiary/aromatic N) is 8. The summed E-state index contributed by atoms with van der Waals surface area (Å²) < 4.78 is 38.1. The lowest BCUT2D eigenvalue weighted by atomic mass is 9.82. The first-order valence-electron chi connectivity index (χ1n) is 27.5. The predicted octanol–water partition coefficient (Wildman–Crippen LogP) is 7.20. The zero-order valence-electron chi connectivity index (χ0n) is 47.1. The number of methoxy groups -OCH3 is 1. The summed E-state index contributed by atoms with van der Waals surface area (Å²) >= 11 is 0. The van der Waals surface area contributed by atoms with Gasteiger partial charge in [-0.2, -0.15) is 5.10 Å². The SMILES string of the molecule is C=CN.C=O.CCCN(C)c1cc(C(=O)NCCCCNCC2CCN(C)CC2)ccc1OC.Cn1nc(N2CCC3(CC2)CN(c2cc(F)c(CN4CCC(C)(C)CC4)cc2F)CC(N)=N3)cc1NCCCCC=O. The summed E-state index contributed by atoms with van der Waals surface area (Å²) in [7, 11) is 7.81. The fourth-order valence-electron chi connectivity index (χ4n) is 10.3. The van der Waals surface area contributed by atoms with E-state index in [9.17, 15) is 9.59 Å². The number of anilines is 4. The van der Waals surface area contributed by atoms with Crippen LogP contribution in [-0.4, -0.2) is 156 Å². The van der Waals surface area contributed by atoms with E-state index in [1.165, 1.54) is 44.3 Å². The number of ether oxygens (including phenoxy) is 1. The lowest BCUT2D eigenvalue weighted by molar-refractivity contribution is -0.108. The van der Waals surface area contributed by atoms with E-state index in [1.54, 1.807) is 7.11 Å². The predicted molar refractivity (Wildman–Crippen MR) is 307 cm³/mol. The molecular weight excluding hydrogens is 969 g/mol. The number of amides is 1. The molecule has 1 spiro atoms.